The first-order valence-electron chi connectivity index (χ1n) is 10.7. The molecule has 2 aromatic rings. The van der Waals surface area contributed by atoms with Crippen LogP contribution in [0.4, 0.5) is 9.18 Å². The first-order chi connectivity index (χ1) is 15.8. The van der Waals surface area contributed by atoms with Crippen molar-refractivity contribution in [2.45, 2.75) is 56.9 Å². The summed E-state index contributed by atoms with van der Waals surface area (Å²) < 4.78 is 50.7. The highest BCUT2D eigenvalue weighted by molar-refractivity contribution is 7.90. The zero-order valence-electron chi connectivity index (χ0n) is 20.0. The summed E-state index contributed by atoms with van der Waals surface area (Å²) in [6.45, 7) is 8.63. The van der Waals surface area contributed by atoms with Crippen LogP contribution in [0.1, 0.15) is 46.2 Å². The van der Waals surface area contributed by atoms with Crippen molar-refractivity contribution in [3.05, 3.63) is 70.4 Å². The summed E-state index contributed by atoms with van der Waals surface area (Å²) in [6, 6.07) is 8.61. The summed E-state index contributed by atoms with van der Waals surface area (Å²) in [7, 11) is -3.69. The predicted octanol–water partition coefficient (Wildman–Crippen LogP) is 4.16. The number of halogens is 1. The van der Waals surface area contributed by atoms with Crippen LogP contribution in [-0.2, 0) is 20.3 Å². The lowest BCUT2D eigenvalue weighted by Crippen LogP contribution is -2.34. The maximum Gasteiger partial charge on any atom is 0.407 e. The van der Waals surface area contributed by atoms with Crippen LogP contribution in [0.5, 0.6) is 5.75 Å². The van der Waals surface area contributed by atoms with Crippen molar-refractivity contribution >= 4 is 15.9 Å². The van der Waals surface area contributed by atoms with E-state index in [1.165, 1.54) is 34.9 Å². The lowest BCUT2D eigenvalue weighted by atomic mass is 10.2. The highest BCUT2D eigenvalue weighted by Crippen LogP contribution is 2.20. The van der Waals surface area contributed by atoms with Crippen molar-refractivity contribution in [1.29, 1.82) is 0 Å². The van der Waals surface area contributed by atoms with E-state index in [0.717, 1.165) is 0 Å². The minimum Gasteiger partial charge on any atom is -0.489 e. The average molecular weight is 495 g/mol. The van der Waals surface area contributed by atoms with E-state index < -0.39 is 21.5 Å². The Balaban J connectivity index is 1.96. The molecule has 34 heavy (non-hydrogen) atoms. The number of carbonyl (C=O) groups excluding carboxylic acids is 1. The molecule has 0 atom stereocenters. The molecule has 0 aliphatic rings. The number of hydrogen-bond donors (Lipinski definition) is 1. The number of amides is 1. The molecule has 1 aromatic carbocycles. The Labute approximate surface area is 199 Å². The lowest BCUT2D eigenvalue weighted by molar-refractivity contribution is 0.0531. The van der Waals surface area contributed by atoms with E-state index in [9.17, 15) is 22.4 Å². The maximum absolute atomic E-state index is 13.1. The summed E-state index contributed by atoms with van der Waals surface area (Å²) in [5.41, 5.74) is -0.365. The first kappa shape index (κ1) is 27.1. The summed E-state index contributed by atoms with van der Waals surface area (Å²) in [6.07, 6.45) is 1.24. The van der Waals surface area contributed by atoms with Gasteiger partial charge in [0.25, 0.3) is 5.56 Å². The molecule has 0 saturated carbocycles. The van der Waals surface area contributed by atoms with E-state index in [1.54, 1.807) is 33.0 Å². The first-order valence-corrected chi connectivity index (χ1v) is 12.4. The van der Waals surface area contributed by atoms with Gasteiger partial charge in [-0.15, -0.1) is 0 Å². The Morgan fingerprint density at radius 1 is 1.18 bits per heavy atom. The van der Waals surface area contributed by atoms with Crippen molar-refractivity contribution in [3.8, 4) is 5.75 Å². The predicted molar refractivity (Wildman–Crippen MR) is 127 cm³/mol. The number of pyridine rings is 1. The summed E-state index contributed by atoms with van der Waals surface area (Å²) in [5.74, 6) is 0.0158. The van der Waals surface area contributed by atoms with E-state index in [1.807, 2.05) is 13.8 Å². The molecule has 1 heterocycles. The van der Waals surface area contributed by atoms with Crippen LogP contribution in [-0.4, -0.2) is 37.8 Å². The van der Waals surface area contributed by atoms with Crippen molar-refractivity contribution < 1.29 is 27.1 Å². The molecule has 1 aromatic heterocycles. The van der Waals surface area contributed by atoms with Crippen molar-refractivity contribution in [3.63, 3.8) is 0 Å². The largest absolute Gasteiger partial charge is 0.489 e. The summed E-state index contributed by atoms with van der Waals surface area (Å²) in [5, 5.41) is 2.44. The second-order valence-electron chi connectivity index (χ2n) is 9.02. The van der Waals surface area contributed by atoms with Crippen molar-refractivity contribution in [2.24, 2.45) is 0 Å². The van der Waals surface area contributed by atoms with Crippen LogP contribution in [0.3, 0.4) is 0 Å². The Morgan fingerprint density at radius 3 is 2.35 bits per heavy atom. The third-order valence-corrected chi connectivity index (χ3v) is 6.25. The fourth-order valence-electron chi connectivity index (χ4n) is 2.89. The molecule has 2 rings (SSSR count). The second-order valence-corrected chi connectivity index (χ2v) is 11.0. The Kier molecular flexibility index (Phi) is 9.03. The third kappa shape index (κ3) is 8.33. The molecule has 0 unspecified atom stereocenters. The molecule has 0 fully saturated rings. The number of benzene rings is 1. The van der Waals surface area contributed by atoms with Gasteiger partial charge in [0.2, 0.25) is 0 Å². The number of hydrogen-bond acceptors (Lipinski definition) is 6. The van der Waals surface area contributed by atoms with Gasteiger partial charge in [0.05, 0.1) is 17.0 Å². The molecular formula is C24H31FN2O6S. The molecule has 186 valence electrons. The molecule has 0 saturated heterocycles. The van der Waals surface area contributed by atoms with Gasteiger partial charge in [-0.3, -0.25) is 4.79 Å². The number of alkyl carbamates (subject to hydrolysis) is 1. The van der Waals surface area contributed by atoms with Gasteiger partial charge >= 0.3 is 6.09 Å². The number of nitrogens with one attached hydrogen (secondary N) is 1. The molecule has 1 amide bonds. The summed E-state index contributed by atoms with van der Waals surface area (Å²) in [4.78, 5) is 23.9. The van der Waals surface area contributed by atoms with Gasteiger partial charge in [-0.1, -0.05) is 0 Å². The highest BCUT2D eigenvalue weighted by Gasteiger charge is 2.18. The van der Waals surface area contributed by atoms with Gasteiger partial charge < -0.3 is 19.4 Å². The Hall–Kier alpha value is -3.14. The molecule has 1 N–H and O–H groups in total. The minimum atomic E-state index is -3.69. The van der Waals surface area contributed by atoms with Gasteiger partial charge in [-0.25, -0.2) is 17.6 Å². The fraction of sp³-hybridized carbons (Fsp3) is 0.417. The van der Waals surface area contributed by atoms with Crippen LogP contribution >= 0.6 is 0 Å². The molecular weight excluding hydrogens is 463 g/mol. The number of sulfone groups is 1. The molecule has 0 radical (unpaired) electrons. The van der Waals surface area contributed by atoms with Crippen molar-refractivity contribution in [2.75, 3.05) is 13.2 Å². The number of nitrogens with zero attached hydrogens (tertiary/aromatic N) is 1. The summed E-state index contributed by atoms with van der Waals surface area (Å²) >= 11 is 0. The maximum atomic E-state index is 13.1. The standard InChI is InChI=1S/C24H31FN2O6S/c1-17(2)27-11-10-18(12-22(27)28)16-34(30,31)21-8-6-20(7-9-21)32-15-19(13-25)14-26-23(29)33-24(3,4)5/h6-13,17H,14-16H2,1-5H3,(H,26,29)/b19-13+. The molecule has 0 spiro atoms. The zero-order chi connectivity index (χ0) is 25.5. The second kappa shape index (κ2) is 11.3. The quantitative estimate of drug-likeness (QED) is 0.561. The molecule has 10 heteroatoms. The van der Waals surface area contributed by atoms with Gasteiger partial charge in [0, 0.05) is 30.4 Å². The van der Waals surface area contributed by atoms with Gasteiger partial charge in [0.15, 0.2) is 9.84 Å². The van der Waals surface area contributed by atoms with Crippen LogP contribution in [0.25, 0.3) is 0 Å². The third-order valence-electron chi connectivity index (χ3n) is 4.55. The van der Waals surface area contributed by atoms with Gasteiger partial charge in [-0.2, -0.15) is 0 Å². The van der Waals surface area contributed by atoms with Crippen LogP contribution in [0, 0.1) is 0 Å². The molecule has 0 bridgehead atoms. The minimum absolute atomic E-state index is 0.0217. The highest BCUT2D eigenvalue weighted by atomic mass is 32.2. The molecule has 8 nitrogen and oxygen atoms in total. The van der Waals surface area contributed by atoms with E-state index >= 15 is 0 Å². The monoisotopic (exact) mass is 494 g/mol. The Morgan fingerprint density at radius 2 is 1.82 bits per heavy atom. The number of carbonyl (C=O) groups is 1. The topological polar surface area (TPSA) is 104 Å². The molecule has 0 aliphatic heterocycles. The van der Waals surface area contributed by atoms with E-state index in [-0.39, 0.29) is 41.0 Å². The van der Waals surface area contributed by atoms with Gasteiger partial charge in [-0.05, 0) is 70.5 Å². The Bertz CT molecular complexity index is 1180. The zero-order valence-corrected chi connectivity index (χ0v) is 20.8. The smallest absolute Gasteiger partial charge is 0.407 e. The van der Waals surface area contributed by atoms with Crippen LogP contribution in [0.15, 0.2) is 64.2 Å². The number of rotatable bonds is 9. The van der Waals surface area contributed by atoms with Crippen LogP contribution in [0.2, 0.25) is 0 Å². The lowest BCUT2D eigenvalue weighted by Gasteiger charge is -2.20. The van der Waals surface area contributed by atoms with Crippen LogP contribution < -0.4 is 15.6 Å². The number of ether oxygens (including phenoxy) is 2. The fourth-order valence-corrected chi connectivity index (χ4v) is 4.23. The van der Waals surface area contributed by atoms with Crippen molar-refractivity contribution in [1.82, 2.24) is 9.88 Å². The average Bonchev–Trinajstić information content (AvgIpc) is 2.72. The van der Waals surface area contributed by atoms with Gasteiger partial charge in [0.1, 0.15) is 18.0 Å². The normalized spacial score (nSPS) is 12.5. The van der Waals surface area contributed by atoms with E-state index in [2.05, 4.69) is 5.32 Å². The molecule has 0 aliphatic carbocycles. The van der Waals surface area contributed by atoms with E-state index in [4.69, 9.17) is 9.47 Å². The number of aromatic nitrogens is 1. The van der Waals surface area contributed by atoms with E-state index in [0.29, 0.717) is 17.6 Å². The SMILES string of the molecule is CC(C)n1ccc(CS(=O)(=O)c2ccc(OC/C(=C/F)CNC(=O)OC(C)(C)C)cc2)cc1=O.